The van der Waals surface area contributed by atoms with Crippen molar-refractivity contribution in [1.29, 1.82) is 0 Å². The Kier molecular flexibility index (Phi) is 4.91. The van der Waals surface area contributed by atoms with Crippen LogP contribution in [0.3, 0.4) is 0 Å². The van der Waals surface area contributed by atoms with Crippen LogP contribution < -0.4 is 4.90 Å². The highest BCUT2D eigenvalue weighted by molar-refractivity contribution is 7.13. The van der Waals surface area contributed by atoms with Crippen LogP contribution in [0.15, 0.2) is 35.8 Å². The molecule has 1 aromatic carbocycles. The van der Waals surface area contributed by atoms with Gasteiger partial charge in [0.15, 0.2) is 5.13 Å². The molecule has 0 aliphatic carbocycles. The van der Waals surface area contributed by atoms with Crippen LogP contribution in [0.5, 0.6) is 0 Å². The second-order valence-corrected chi connectivity index (χ2v) is 6.71. The molecule has 0 saturated carbocycles. The molecule has 0 unspecified atom stereocenters. The van der Waals surface area contributed by atoms with Crippen LogP contribution in [-0.2, 0) is 4.79 Å². The largest absolute Gasteiger partial charge is 0.345 e. The number of anilines is 1. The van der Waals surface area contributed by atoms with Gasteiger partial charge < -0.3 is 9.80 Å². The highest BCUT2D eigenvalue weighted by Crippen LogP contribution is 2.22. The van der Waals surface area contributed by atoms with Crippen molar-refractivity contribution < 1.29 is 9.18 Å². The van der Waals surface area contributed by atoms with Gasteiger partial charge in [-0.3, -0.25) is 4.79 Å². The van der Waals surface area contributed by atoms with Crippen molar-refractivity contribution in [2.45, 2.75) is 19.3 Å². The maximum atomic E-state index is 13.0. The van der Waals surface area contributed by atoms with Crippen molar-refractivity contribution in [2.24, 2.45) is 0 Å². The van der Waals surface area contributed by atoms with Crippen molar-refractivity contribution >= 4 is 22.4 Å². The molecule has 122 valence electrons. The molecule has 0 radical (unpaired) electrons. The lowest BCUT2D eigenvalue weighted by Crippen LogP contribution is -2.49. The van der Waals surface area contributed by atoms with Gasteiger partial charge >= 0.3 is 0 Å². The maximum absolute atomic E-state index is 13.0. The van der Waals surface area contributed by atoms with E-state index in [0.29, 0.717) is 6.42 Å². The fourth-order valence-corrected chi connectivity index (χ4v) is 3.52. The third kappa shape index (κ3) is 3.88. The molecule has 1 aromatic heterocycles. The van der Waals surface area contributed by atoms with Crippen LogP contribution in [0, 0.1) is 5.82 Å². The Balaban J connectivity index is 1.52. The van der Waals surface area contributed by atoms with Gasteiger partial charge in [-0.25, -0.2) is 9.37 Å². The van der Waals surface area contributed by atoms with E-state index in [9.17, 15) is 9.18 Å². The second kappa shape index (κ2) is 7.08. The third-order valence-electron chi connectivity index (χ3n) is 4.24. The number of amides is 1. The quantitative estimate of drug-likeness (QED) is 0.862. The normalized spacial score (nSPS) is 16.4. The molecule has 1 fully saturated rings. The number of piperazine rings is 1. The van der Waals surface area contributed by atoms with Gasteiger partial charge in [0.1, 0.15) is 5.82 Å². The van der Waals surface area contributed by atoms with E-state index in [2.05, 4.69) is 9.88 Å². The summed E-state index contributed by atoms with van der Waals surface area (Å²) in [5, 5.41) is 2.99. The molecule has 1 atom stereocenters. The van der Waals surface area contributed by atoms with E-state index in [-0.39, 0.29) is 17.6 Å². The van der Waals surface area contributed by atoms with Gasteiger partial charge in [0.25, 0.3) is 0 Å². The Morgan fingerprint density at radius 2 is 1.96 bits per heavy atom. The topological polar surface area (TPSA) is 36.4 Å². The number of thiazole rings is 1. The van der Waals surface area contributed by atoms with Gasteiger partial charge in [0.05, 0.1) is 0 Å². The Morgan fingerprint density at radius 1 is 1.26 bits per heavy atom. The van der Waals surface area contributed by atoms with E-state index >= 15 is 0 Å². The first-order chi connectivity index (χ1) is 11.1. The maximum Gasteiger partial charge on any atom is 0.223 e. The zero-order valence-corrected chi connectivity index (χ0v) is 13.9. The predicted octanol–water partition coefficient (Wildman–Crippen LogP) is 3.12. The summed E-state index contributed by atoms with van der Waals surface area (Å²) in [5.74, 6) is 0.0197. The molecule has 0 N–H and O–H groups in total. The number of nitrogens with zero attached hydrogens (tertiary/aromatic N) is 3. The van der Waals surface area contributed by atoms with Crippen molar-refractivity contribution in [3.05, 3.63) is 47.2 Å². The van der Waals surface area contributed by atoms with Crippen LogP contribution in [0.4, 0.5) is 9.52 Å². The fraction of sp³-hybridized carbons (Fsp3) is 0.412. The Morgan fingerprint density at radius 3 is 2.57 bits per heavy atom. The van der Waals surface area contributed by atoms with Gasteiger partial charge in [-0.1, -0.05) is 19.1 Å². The monoisotopic (exact) mass is 333 g/mol. The molecule has 1 aliphatic rings. The predicted molar refractivity (Wildman–Crippen MR) is 90.3 cm³/mol. The minimum absolute atomic E-state index is 0.0973. The lowest BCUT2D eigenvalue weighted by Gasteiger charge is -2.35. The van der Waals surface area contributed by atoms with E-state index in [1.165, 1.54) is 12.1 Å². The number of carbonyl (C=O) groups is 1. The summed E-state index contributed by atoms with van der Waals surface area (Å²) >= 11 is 1.63. The van der Waals surface area contributed by atoms with Crippen molar-refractivity contribution in [3.63, 3.8) is 0 Å². The average molecular weight is 333 g/mol. The molecule has 2 aromatic rings. The number of hydrogen-bond donors (Lipinski definition) is 0. The summed E-state index contributed by atoms with van der Waals surface area (Å²) in [4.78, 5) is 20.9. The highest BCUT2D eigenvalue weighted by atomic mass is 32.1. The number of aromatic nitrogens is 1. The van der Waals surface area contributed by atoms with E-state index in [4.69, 9.17) is 0 Å². The van der Waals surface area contributed by atoms with Crippen LogP contribution in [-0.4, -0.2) is 42.0 Å². The molecule has 2 heterocycles. The van der Waals surface area contributed by atoms with Gasteiger partial charge in [0.2, 0.25) is 5.91 Å². The lowest BCUT2D eigenvalue weighted by atomic mass is 9.97. The minimum atomic E-state index is -0.245. The summed E-state index contributed by atoms with van der Waals surface area (Å²) in [6.45, 7) is 5.12. The number of rotatable bonds is 4. The summed E-state index contributed by atoms with van der Waals surface area (Å²) in [7, 11) is 0. The zero-order valence-electron chi connectivity index (χ0n) is 13.1. The molecule has 4 nitrogen and oxygen atoms in total. The van der Waals surface area contributed by atoms with Crippen molar-refractivity contribution in [3.8, 4) is 0 Å². The molecule has 0 bridgehead atoms. The van der Waals surface area contributed by atoms with Crippen LogP contribution in [0.1, 0.15) is 24.8 Å². The zero-order chi connectivity index (χ0) is 16.2. The molecule has 1 aliphatic heterocycles. The molecular weight excluding hydrogens is 313 g/mol. The summed E-state index contributed by atoms with van der Waals surface area (Å²) in [6.07, 6.45) is 2.27. The van der Waals surface area contributed by atoms with E-state index < -0.39 is 0 Å². The number of benzene rings is 1. The van der Waals surface area contributed by atoms with Crippen molar-refractivity contribution in [2.75, 3.05) is 31.1 Å². The van der Waals surface area contributed by atoms with Gasteiger partial charge in [0, 0.05) is 44.2 Å². The highest BCUT2D eigenvalue weighted by Gasteiger charge is 2.23. The first kappa shape index (κ1) is 15.9. The number of carbonyl (C=O) groups excluding carboxylic acids is 1. The summed E-state index contributed by atoms with van der Waals surface area (Å²) < 4.78 is 13.0. The van der Waals surface area contributed by atoms with Crippen molar-refractivity contribution in [1.82, 2.24) is 9.88 Å². The molecule has 6 heteroatoms. The molecule has 1 amide bonds. The minimum Gasteiger partial charge on any atom is -0.345 e. The average Bonchev–Trinajstić information content (AvgIpc) is 3.10. The SMILES string of the molecule is C[C@@H](CC(=O)N1CCN(c2nccs2)CC1)c1ccc(F)cc1. The van der Waals surface area contributed by atoms with E-state index in [1.807, 2.05) is 23.4 Å². The number of hydrogen-bond acceptors (Lipinski definition) is 4. The molecule has 0 spiro atoms. The Bertz CT molecular complexity index is 636. The van der Waals surface area contributed by atoms with Gasteiger partial charge in [-0.2, -0.15) is 0 Å². The smallest absolute Gasteiger partial charge is 0.223 e. The molecule has 3 rings (SSSR count). The number of halogens is 1. The van der Waals surface area contributed by atoms with Crippen LogP contribution >= 0.6 is 11.3 Å². The Labute approximate surface area is 139 Å². The van der Waals surface area contributed by atoms with Crippen LogP contribution in [0.25, 0.3) is 0 Å². The third-order valence-corrected chi connectivity index (χ3v) is 5.07. The molecule has 23 heavy (non-hydrogen) atoms. The molecular formula is C17H20FN3OS. The standard InChI is InChI=1S/C17H20FN3OS/c1-13(14-2-4-15(18)5-3-14)12-16(22)20-7-9-21(10-8-20)17-19-6-11-23-17/h2-6,11,13H,7-10,12H2,1H3/t13-/m0/s1. The summed E-state index contributed by atoms with van der Waals surface area (Å²) in [6, 6.07) is 6.41. The fourth-order valence-electron chi connectivity index (χ4n) is 2.82. The second-order valence-electron chi connectivity index (χ2n) is 5.84. The lowest BCUT2D eigenvalue weighted by molar-refractivity contribution is -0.131. The van der Waals surface area contributed by atoms with E-state index in [1.54, 1.807) is 23.5 Å². The Hall–Kier alpha value is -1.95. The van der Waals surface area contributed by atoms with E-state index in [0.717, 1.165) is 36.9 Å². The summed E-state index contributed by atoms with van der Waals surface area (Å²) in [5.41, 5.74) is 1.00. The van der Waals surface area contributed by atoms with Crippen LogP contribution in [0.2, 0.25) is 0 Å². The van der Waals surface area contributed by atoms with Gasteiger partial charge in [-0.05, 0) is 23.6 Å². The first-order valence-electron chi connectivity index (χ1n) is 7.81. The van der Waals surface area contributed by atoms with Gasteiger partial charge in [-0.15, -0.1) is 11.3 Å². The molecule has 1 saturated heterocycles. The first-order valence-corrected chi connectivity index (χ1v) is 8.69.